The van der Waals surface area contributed by atoms with Crippen LogP contribution < -0.4 is 17.2 Å². The number of fused-ring (bicyclic) bond motifs is 1. The molecule has 0 fully saturated rings. The smallest absolute Gasteiger partial charge is 0.223 e. The average molecular weight is 231 g/mol. The van der Waals surface area contributed by atoms with Gasteiger partial charge >= 0.3 is 0 Å². The number of aliphatic imine (C=N–C) groups is 2. The maximum absolute atomic E-state index is 5.53. The van der Waals surface area contributed by atoms with Crippen molar-refractivity contribution in [1.82, 2.24) is 0 Å². The lowest BCUT2D eigenvalue weighted by Crippen LogP contribution is -2.26. The number of nitrogens with zero attached hydrogens (tertiary/aromatic N) is 2. The Hall–Kier alpha value is -2.50. The number of nitrogens with two attached hydrogens (primary N) is 3. The zero-order chi connectivity index (χ0) is 12.4. The van der Waals surface area contributed by atoms with E-state index < -0.39 is 0 Å². The van der Waals surface area contributed by atoms with Gasteiger partial charge in [0.15, 0.2) is 5.96 Å². The molecule has 6 heteroatoms. The molecule has 0 saturated carbocycles. The van der Waals surface area contributed by atoms with Gasteiger partial charge in [-0.1, -0.05) is 0 Å². The van der Waals surface area contributed by atoms with E-state index in [0.717, 1.165) is 16.7 Å². The van der Waals surface area contributed by atoms with E-state index in [1.54, 1.807) is 6.07 Å². The van der Waals surface area contributed by atoms with Crippen molar-refractivity contribution in [2.24, 2.45) is 27.2 Å². The van der Waals surface area contributed by atoms with Gasteiger partial charge in [-0.25, -0.2) is 4.99 Å². The third kappa shape index (κ3) is 2.54. The van der Waals surface area contributed by atoms with Crippen LogP contribution in [0.5, 0.6) is 0 Å². The minimum absolute atomic E-state index is 0.0181. The van der Waals surface area contributed by atoms with Crippen LogP contribution in [0.15, 0.2) is 38.7 Å². The van der Waals surface area contributed by atoms with Crippen LogP contribution >= 0.6 is 0 Å². The van der Waals surface area contributed by atoms with E-state index in [2.05, 4.69) is 9.98 Å². The zero-order valence-corrected chi connectivity index (χ0v) is 9.34. The van der Waals surface area contributed by atoms with Crippen LogP contribution in [-0.4, -0.2) is 11.9 Å². The van der Waals surface area contributed by atoms with Crippen LogP contribution in [-0.2, 0) is 0 Å². The highest BCUT2D eigenvalue weighted by Crippen LogP contribution is 2.24. The lowest BCUT2D eigenvalue weighted by Gasteiger charge is -1.96. The summed E-state index contributed by atoms with van der Waals surface area (Å²) in [5.74, 6) is 0.745. The molecule has 0 atom stereocenters. The number of hydrogen-bond acceptors (Lipinski definition) is 2. The molecule has 2 rings (SSSR count). The maximum atomic E-state index is 5.53. The minimum Gasteiger partial charge on any atom is -0.461 e. The summed E-state index contributed by atoms with van der Waals surface area (Å²) in [6.07, 6.45) is 0. The largest absolute Gasteiger partial charge is 0.461 e. The molecule has 0 amide bonds. The van der Waals surface area contributed by atoms with E-state index in [0.29, 0.717) is 5.69 Å². The second-order valence-electron chi connectivity index (χ2n) is 3.59. The van der Waals surface area contributed by atoms with Crippen molar-refractivity contribution in [3.05, 3.63) is 30.0 Å². The summed E-state index contributed by atoms with van der Waals surface area (Å²) in [6.45, 7) is 1.89. The van der Waals surface area contributed by atoms with Crippen LogP contribution in [0.1, 0.15) is 5.76 Å². The van der Waals surface area contributed by atoms with Gasteiger partial charge in [0.25, 0.3) is 0 Å². The number of rotatable bonds is 1. The van der Waals surface area contributed by atoms with Crippen LogP contribution in [0.2, 0.25) is 0 Å². The predicted molar refractivity (Wildman–Crippen MR) is 68.0 cm³/mol. The Morgan fingerprint density at radius 2 is 1.94 bits per heavy atom. The summed E-state index contributed by atoms with van der Waals surface area (Å²) in [7, 11) is 0. The number of aryl methyl sites for hydroxylation is 1. The SMILES string of the molecule is Cc1cc2cc(N=C(N)N=C(N)N)ccc2o1. The first kappa shape index (κ1) is 11.0. The van der Waals surface area contributed by atoms with Gasteiger partial charge in [-0.2, -0.15) is 4.99 Å². The van der Waals surface area contributed by atoms with Crippen LogP contribution in [0.25, 0.3) is 11.0 Å². The van der Waals surface area contributed by atoms with Crippen molar-refractivity contribution >= 4 is 28.6 Å². The summed E-state index contributed by atoms with van der Waals surface area (Å²) in [5.41, 5.74) is 17.4. The van der Waals surface area contributed by atoms with Gasteiger partial charge in [-0.3, -0.25) is 0 Å². The van der Waals surface area contributed by atoms with E-state index in [1.165, 1.54) is 0 Å². The Kier molecular flexibility index (Phi) is 2.70. The molecule has 1 heterocycles. The molecular weight excluding hydrogens is 218 g/mol. The summed E-state index contributed by atoms with van der Waals surface area (Å²) in [5, 5.41) is 0.959. The van der Waals surface area contributed by atoms with E-state index in [-0.39, 0.29) is 11.9 Å². The Balaban J connectivity index is 2.39. The third-order valence-electron chi connectivity index (χ3n) is 2.11. The highest BCUT2D eigenvalue weighted by molar-refractivity contribution is 5.94. The lowest BCUT2D eigenvalue weighted by molar-refractivity contribution is 0.578. The van der Waals surface area contributed by atoms with Crippen molar-refractivity contribution in [2.45, 2.75) is 6.92 Å². The van der Waals surface area contributed by atoms with E-state index >= 15 is 0 Å². The molecule has 0 saturated heterocycles. The molecule has 1 aromatic carbocycles. The van der Waals surface area contributed by atoms with Gasteiger partial charge in [0, 0.05) is 5.39 Å². The molecule has 0 aliphatic rings. The number of furan rings is 1. The molecule has 88 valence electrons. The Labute approximate surface area is 97.8 Å². The molecule has 1 aromatic heterocycles. The molecule has 2 aromatic rings. The average Bonchev–Trinajstić information content (AvgIpc) is 2.55. The first-order chi connectivity index (χ1) is 8.04. The first-order valence-corrected chi connectivity index (χ1v) is 4.98. The first-order valence-electron chi connectivity index (χ1n) is 4.98. The van der Waals surface area contributed by atoms with Crippen molar-refractivity contribution in [2.75, 3.05) is 0 Å². The summed E-state index contributed by atoms with van der Waals surface area (Å²) in [6, 6.07) is 7.37. The minimum atomic E-state index is -0.119. The molecule has 0 unspecified atom stereocenters. The second kappa shape index (κ2) is 4.17. The number of guanidine groups is 2. The molecule has 6 N–H and O–H groups in total. The topological polar surface area (TPSA) is 116 Å². The van der Waals surface area contributed by atoms with Crippen molar-refractivity contribution in [3.63, 3.8) is 0 Å². The Morgan fingerprint density at radius 1 is 1.18 bits per heavy atom. The fourth-order valence-electron chi connectivity index (χ4n) is 1.52. The lowest BCUT2D eigenvalue weighted by atomic mass is 10.2. The highest BCUT2D eigenvalue weighted by atomic mass is 16.3. The fourth-order valence-corrected chi connectivity index (χ4v) is 1.52. The van der Waals surface area contributed by atoms with Gasteiger partial charge in [0.05, 0.1) is 5.69 Å². The standard InChI is InChI=1S/C11H13N5O/c1-6-4-7-5-8(2-3-9(7)17-6)15-11(14)16-10(12)13/h2-5H,1H3,(H6,12,13,14,15,16). The number of hydrogen-bond donors (Lipinski definition) is 3. The maximum Gasteiger partial charge on any atom is 0.223 e. The van der Waals surface area contributed by atoms with Gasteiger partial charge in [0.1, 0.15) is 11.3 Å². The molecule has 0 spiro atoms. The van der Waals surface area contributed by atoms with Crippen molar-refractivity contribution in [1.29, 1.82) is 0 Å². The monoisotopic (exact) mass is 231 g/mol. The third-order valence-corrected chi connectivity index (χ3v) is 2.11. The normalized spacial score (nSPS) is 11.7. The quantitative estimate of drug-likeness (QED) is 0.500. The second-order valence-corrected chi connectivity index (χ2v) is 3.59. The molecule has 0 bridgehead atoms. The fraction of sp³-hybridized carbons (Fsp3) is 0.0909. The van der Waals surface area contributed by atoms with Gasteiger partial charge in [-0.05, 0) is 31.2 Å². The van der Waals surface area contributed by atoms with E-state index in [1.807, 2.05) is 25.1 Å². The predicted octanol–water partition coefficient (Wildman–Crippen LogP) is 0.961. The number of benzene rings is 1. The van der Waals surface area contributed by atoms with Crippen molar-refractivity contribution in [3.8, 4) is 0 Å². The molecule has 17 heavy (non-hydrogen) atoms. The van der Waals surface area contributed by atoms with Crippen LogP contribution in [0.4, 0.5) is 5.69 Å². The zero-order valence-electron chi connectivity index (χ0n) is 9.34. The molecule has 0 aliphatic heterocycles. The van der Waals surface area contributed by atoms with Crippen LogP contribution in [0, 0.1) is 6.92 Å². The molecular formula is C11H13N5O. The Morgan fingerprint density at radius 3 is 2.65 bits per heavy atom. The van der Waals surface area contributed by atoms with E-state index in [4.69, 9.17) is 21.6 Å². The van der Waals surface area contributed by atoms with Gasteiger partial charge in [-0.15, -0.1) is 0 Å². The van der Waals surface area contributed by atoms with Gasteiger partial charge in [0.2, 0.25) is 5.96 Å². The summed E-state index contributed by atoms with van der Waals surface area (Å²) in [4.78, 5) is 7.70. The molecule has 6 nitrogen and oxygen atoms in total. The summed E-state index contributed by atoms with van der Waals surface area (Å²) >= 11 is 0. The van der Waals surface area contributed by atoms with Crippen molar-refractivity contribution < 1.29 is 4.42 Å². The van der Waals surface area contributed by atoms with Crippen LogP contribution in [0.3, 0.4) is 0 Å². The Bertz CT molecular complexity index is 607. The molecule has 0 aliphatic carbocycles. The van der Waals surface area contributed by atoms with Gasteiger partial charge < -0.3 is 21.6 Å². The molecule has 0 radical (unpaired) electrons. The summed E-state index contributed by atoms with van der Waals surface area (Å²) < 4.78 is 5.45. The van der Waals surface area contributed by atoms with E-state index in [9.17, 15) is 0 Å². The highest BCUT2D eigenvalue weighted by Gasteiger charge is 2.01.